The van der Waals surface area contributed by atoms with E-state index in [1.54, 1.807) is 20.8 Å². The Balaban J connectivity index is 2.24. The summed E-state index contributed by atoms with van der Waals surface area (Å²) in [5.41, 5.74) is 2.41. The van der Waals surface area contributed by atoms with Crippen molar-refractivity contribution >= 4 is 5.97 Å². The van der Waals surface area contributed by atoms with Gasteiger partial charge in [0, 0.05) is 12.0 Å². The molecule has 1 aromatic carbocycles. The molecule has 0 spiro atoms. The number of carbonyl (C=O) groups excluding carboxylic acids is 1. The van der Waals surface area contributed by atoms with Gasteiger partial charge >= 0.3 is 5.97 Å². The fourth-order valence-electron chi connectivity index (χ4n) is 2.80. The van der Waals surface area contributed by atoms with E-state index in [2.05, 4.69) is 0 Å². The molecule has 1 aliphatic heterocycles. The van der Waals surface area contributed by atoms with Crippen LogP contribution in [0.5, 0.6) is 11.5 Å². The molecule has 0 saturated carbocycles. The van der Waals surface area contributed by atoms with Gasteiger partial charge in [-0.05, 0) is 63.6 Å². The maximum absolute atomic E-state index is 11.2. The van der Waals surface area contributed by atoms with Crippen molar-refractivity contribution in [2.45, 2.75) is 59.0 Å². The van der Waals surface area contributed by atoms with Crippen LogP contribution in [0.25, 0.3) is 0 Å². The highest BCUT2D eigenvalue weighted by atomic mass is 16.6. The van der Waals surface area contributed by atoms with Crippen molar-refractivity contribution in [3.63, 3.8) is 0 Å². The monoisotopic (exact) mass is 278 g/mol. The molecule has 4 nitrogen and oxygen atoms in total. The quantitative estimate of drug-likeness (QED) is 0.658. The highest BCUT2D eigenvalue weighted by molar-refractivity contribution is 5.72. The van der Waals surface area contributed by atoms with Gasteiger partial charge in [0.2, 0.25) is 0 Å². The predicted molar refractivity (Wildman–Crippen MR) is 76.0 cm³/mol. The first-order chi connectivity index (χ1) is 9.25. The van der Waals surface area contributed by atoms with Crippen molar-refractivity contribution in [3.8, 4) is 11.5 Å². The lowest BCUT2D eigenvalue weighted by molar-refractivity contribution is -0.147. The molecule has 1 aromatic rings. The number of rotatable bonds is 3. The van der Waals surface area contributed by atoms with Gasteiger partial charge < -0.3 is 14.9 Å². The van der Waals surface area contributed by atoms with E-state index in [1.165, 1.54) is 0 Å². The van der Waals surface area contributed by atoms with E-state index >= 15 is 0 Å². The Hall–Kier alpha value is -1.71. The van der Waals surface area contributed by atoms with Crippen LogP contribution in [0.15, 0.2) is 0 Å². The number of ether oxygens (including phenoxy) is 1. The molecule has 1 saturated heterocycles. The molecule has 1 heterocycles. The van der Waals surface area contributed by atoms with Gasteiger partial charge in [0.1, 0.15) is 17.1 Å². The SMILES string of the molecule is Cc1c(C)c(O)c(CCC2(C)CCC(=O)O2)c(C)c1O. The van der Waals surface area contributed by atoms with Gasteiger partial charge in [-0.15, -0.1) is 0 Å². The number of carbonyl (C=O) groups is 1. The first-order valence-corrected chi connectivity index (χ1v) is 6.97. The Morgan fingerprint density at radius 3 is 2.25 bits per heavy atom. The van der Waals surface area contributed by atoms with Crippen LogP contribution in [-0.4, -0.2) is 21.8 Å². The van der Waals surface area contributed by atoms with Crippen LogP contribution in [0, 0.1) is 20.8 Å². The highest BCUT2D eigenvalue weighted by Crippen LogP contribution is 2.39. The number of aromatic hydroxyl groups is 2. The molecular formula is C16H22O4. The van der Waals surface area contributed by atoms with Crippen molar-refractivity contribution in [2.75, 3.05) is 0 Å². The van der Waals surface area contributed by atoms with Gasteiger partial charge in [-0.25, -0.2) is 0 Å². The summed E-state index contributed by atoms with van der Waals surface area (Å²) < 4.78 is 5.35. The minimum atomic E-state index is -0.454. The fraction of sp³-hybridized carbons (Fsp3) is 0.562. The first kappa shape index (κ1) is 14.7. The topological polar surface area (TPSA) is 66.8 Å². The van der Waals surface area contributed by atoms with Gasteiger partial charge in [0.15, 0.2) is 0 Å². The third kappa shape index (κ3) is 2.47. The molecule has 2 rings (SSSR count). The molecule has 0 bridgehead atoms. The molecule has 0 amide bonds. The lowest BCUT2D eigenvalue weighted by Gasteiger charge is -2.24. The van der Waals surface area contributed by atoms with Gasteiger partial charge in [-0.2, -0.15) is 0 Å². The number of benzene rings is 1. The van der Waals surface area contributed by atoms with Crippen LogP contribution in [0.1, 0.15) is 48.4 Å². The van der Waals surface area contributed by atoms with Crippen molar-refractivity contribution in [1.29, 1.82) is 0 Å². The van der Waals surface area contributed by atoms with Crippen molar-refractivity contribution in [3.05, 3.63) is 22.3 Å². The lowest BCUT2D eigenvalue weighted by Crippen LogP contribution is -2.24. The molecule has 0 radical (unpaired) electrons. The van der Waals surface area contributed by atoms with E-state index in [9.17, 15) is 15.0 Å². The zero-order chi connectivity index (χ0) is 15.1. The Labute approximate surface area is 119 Å². The molecule has 1 fully saturated rings. The van der Waals surface area contributed by atoms with E-state index in [4.69, 9.17) is 4.74 Å². The van der Waals surface area contributed by atoms with Crippen LogP contribution in [-0.2, 0) is 16.0 Å². The number of cyclic esters (lactones) is 1. The third-order valence-corrected chi connectivity index (χ3v) is 4.49. The van der Waals surface area contributed by atoms with Crippen LogP contribution in [0.4, 0.5) is 0 Å². The van der Waals surface area contributed by atoms with Crippen LogP contribution in [0.3, 0.4) is 0 Å². The van der Waals surface area contributed by atoms with Crippen LogP contribution in [0.2, 0.25) is 0 Å². The highest BCUT2D eigenvalue weighted by Gasteiger charge is 2.35. The Morgan fingerprint density at radius 2 is 1.70 bits per heavy atom. The van der Waals surface area contributed by atoms with E-state index in [0.717, 1.165) is 5.56 Å². The zero-order valence-corrected chi connectivity index (χ0v) is 12.5. The number of hydrogen-bond acceptors (Lipinski definition) is 4. The summed E-state index contributed by atoms with van der Waals surface area (Å²) in [5.74, 6) is 0.325. The summed E-state index contributed by atoms with van der Waals surface area (Å²) in [4.78, 5) is 11.2. The van der Waals surface area contributed by atoms with E-state index < -0.39 is 5.60 Å². The zero-order valence-electron chi connectivity index (χ0n) is 12.5. The average molecular weight is 278 g/mol. The minimum Gasteiger partial charge on any atom is -0.507 e. The Bertz CT molecular complexity index is 533. The van der Waals surface area contributed by atoms with Gasteiger partial charge in [0.05, 0.1) is 0 Å². The Morgan fingerprint density at radius 1 is 1.10 bits per heavy atom. The second-order valence-corrected chi connectivity index (χ2v) is 5.97. The second-order valence-electron chi connectivity index (χ2n) is 5.97. The number of hydrogen-bond donors (Lipinski definition) is 2. The van der Waals surface area contributed by atoms with Crippen LogP contribution >= 0.6 is 0 Å². The van der Waals surface area contributed by atoms with Gasteiger partial charge in [0.25, 0.3) is 0 Å². The summed E-state index contributed by atoms with van der Waals surface area (Å²) in [5, 5.41) is 20.4. The van der Waals surface area contributed by atoms with Crippen molar-refractivity contribution in [1.82, 2.24) is 0 Å². The lowest BCUT2D eigenvalue weighted by atomic mass is 9.89. The largest absolute Gasteiger partial charge is 0.507 e. The number of phenols is 2. The van der Waals surface area contributed by atoms with Crippen molar-refractivity contribution < 1.29 is 19.7 Å². The Kier molecular flexibility index (Phi) is 3.67. The first-order valence-electron chi connectivity index (χ1n) is 6.97. The molecule has 20 heavy (non-hydrogen) atoms. The standard InChI is InChI=1S/C16H22O4/c1-9-10(2)15(19)12(11(3)14(9)18)5-7-16(4)8-6-13(17)20-16/h18-19H,5-8H2,1-4H3. The molecular weight excluding hydrogens is 256 g/mol. The van der Waals surface area contributed by atoms with E-state index in [0.29, 0.717) is 42.4 Å². The summed E-state index contributed by atoms with van der Waals surface area (Å²) in [7, 11) is 0. The molecule has 2 N–H and O–H groups in total. The maximum Gasteiger partial charge on any atom is 0.306 e. The molecule has 1 aliphatic rings. The normalized spacial score (nSPS) is 22.1. The minimum absolute atomic E-state index is 0.156. The number of phenolic OH excluding ortho intramolecular Hbond substituents is 2. The summed E-state index contributed by atoms with van der Waals surface area (Å²) in [6.45, 7) is 7.32. The van der Waals surface area contributed by atoms with Gasteiger partial charge in [-0.3, -0.25) is 4.79 Å². The molecule has 110 valence electrons. The second kappa shape index (κ2) is 5.00. The molecule has 1 atom stereocenters. The van der Waals surface area contributed by atoms with E-state index in [-0.39, 0.29) is 17.5 Å². The maximum atomic E-state index is 11.2. The summed E-state index contributed by atoms with van der Waals surface area (Å²) >= 11 is 0. The molecule has 0 aromatic heterocycles. The third-order valence-electron chi connectivity index (χ3n) is 4.49. The molecule has 0 aliphatic carbocycles. The molecule has 1 unspecified atom stereocenters. The predicted octanol–water partition coefficient (Wildman–Crippen LogP) is 3.05. The number of esters is 1. The summed E-state index contributed by atoms with van der Waals surface area (Å²) in [6, 6.07) is 0. The van der Waals surface area contributed by atoms with Gasteiger partial charge in [-0.1, -0.05) is 0 Å². The fourth-order valence-corrected chi connectivity index (χ4v) is 2.80. The van der Waals surface area contributed by atoms with E-state index in [1.807, 2.05) is 6.92 Å². The van der Waals surface area contributed by atoms with Crippen molar-refractivity contribution in [2.24, 2.45) is 0 Å². The molecule has 4 heteroatoms. The smallest absolute Gasteiger partial charge is 0.306 e. The average Bonchev–Trinajstić information content (AvgIpc) is 2.74. The summed E-state index contributed by atoms with van der Waals surface area (Å²) in [6.07, 6.45) is 2.40. The van der Waals surface area contributed by atoms with Crippen LogP contribution < -0.4 is 0 Å².